The zero-order valence-corrected chi connectivity index (χ0v) is 8.18. The normalized spacial score (nSPS) is 27.2. The number of nitrogens with one attached hydrogen (secondary N) is 2. The van der Waals surface area contributed by atoms with E-state index in [9.17, 15) is 4.79 Å². The van der Waals surface area contributed by atoms with Crippen molar-refractivity contribution >= 4 is 6.03 Å². The molecule has 0 aromatic rings. The lowest BCUT2D eigenvalue weighted by Gasteiger charge is -2.17. The van der Waals surface area contributed by atoms with Crippen molar-refractivity contribution in [3.8, 4) is 0 Å². The summed E-state index contributed by atoms with van der Waals surface area (Å²) in [5, 5.41) is 5.66. The first kappa shape index (κ1) is 10.3. The summed E-state index contributed by atoms with van der Waals surface area (Å²) in [5.41, 5.74) is 5.81. The number of carbonyl (C=O) groups is 1. The van der Waals surface area contributed by atoms with Gasteiger partial charge in [-0.05, 0) is 25.7 Å². The van der Waals surface area contributed by atoms with Crippen LogP contribution in [-0.4, -0.2) is 24.7 Å². The van der Waals surface area contributed by atoms with E-state index in [1.54, 1.807) is 0 Å². The lowest BCUT2D eigenvalue weighted by molar-refractivity contribution is 0.236. The summed E-state index contributed by atoms with van der Waals surface area (Å²) < 4.78 is 0. The van der Waals surface area contributed by atoms with Crippen molar-refractivity contribution in [2.45, 2.75) is 44.7 Å². The molecule has 76 valence electrons. The van der Waals surface area contributed by atoms with Gasteiger partial charge in [0.15, 0.2) is 0 Å². The zero-order chi connectivity index (χ0) is 9.68. The smallest absolute Gasteiger partial charge is 0.315 e. The molecule has 13 heavy (non-hydrogen) atoms. The van der Waals surface area contributed by atoms with E-state index < -0.39 is 0 Å². The minimum Gasteiger partial charge on any atom is -0.338 e. The molecule has 1 aliphatic carbocycles. The summed E-state index contributed by atoms with van der Waals surface area (Å²) in [5.74, 6) is 0. The number of urea groups is 1. The summed E-state index contributed by atoms with van der Waals surface area (Å²) in [7, 11) is 0. The van der Waals surface area contributed by atoms with Crippen molar-refractivity contribution < 1.29 is 4.79 Å². The van der Waals surface area contributed by atoms with Gasteiger partial charge in [0.05, 0.1) is 0 Å². The highest BCUT2D eigenvalue weighted by Crippen LogP contribution is 2.16. The molecule has 2 unspecified atom stereocenters. The number of hydrogen-bond acceptors (Lipinski definition) is 2. The molecule has 0 radical (unpaired) electrons. The van der Waals surface area contributed by atoms with E-state index in [0.717, 1.165) is 32.2 Å². The number of hydrogen-bond donors (Lipinski definition) is 3. The molecule has 0 aromatic carbocycles. The summed E-state index contributed by atoms with van der Waals surface area (Å²) in [6.07, 6.45) is 4.13. The van der Waals surface area contributed by atoms with E-state index >= 15 is 0 Å². The topological polar surface area (TPSA) is 67.2 Å². The highest BCUT2D eigenvalue weighted by atomic mass is 16.2. The van der Waals surface area contributed by atoms with Gasteiger partial charge in [-0.3, -0.25) is 0 Å². The van der Waals surface area contributed by atoms with E-state index in [4.69, 9.17) is 5.73 Å². The molecule has 1 aliphatic rings. The zero-order valence-electron chi connectivity index (χ0n) is 8.18. The number of nitrogens with two attached hydrogens (primary N) is 1. The summed E-state index contributed by atoms with van der Waals surface area (Å²) in [6, 6.07) is 0.244. The molecular formula is C9H19N3O. The Kier molecular flexibility index (Phi) is 4.02. The second kappa shape index (κ2) is 5.07. The van der Waals surface area contributed by atoms with Gasteiger partial charge in [-0.15, -0.1) is 0 Å². The van der Waals surface area contributed by atoms with Gasteiger partial charge in [0, 0.05) is 18.6 Å². The molecule has 2 amide bonds. The first-order chi connectivity index (χ1) is 6.24. The molecule has 1 saturated carbocycles. The minimum absolute atomic E-state index is 0.0794. The van der Waals surface area contributed by atoms with Crippen LogP contribution in [0, 0.1) is 0 Å². The number of rotatable bonds is 3. The van der Waals surface area contributed by atoms with E-state index in [1.807, 2.05) is 6.92 Å². The van der Waals surface area contributed by atoms with Gasteiger partial charge in [0.2, 0.25) is 0 Å². The van der Waals surface area contributed by atoms with Crippen molar-refractivity contribution in [1.82, 2.24) is 10.6 Å². The van der Waals surface area contributed by atoms with Gasteiger partial charge in [-0.25, -0.2) is 4.79 Å². The van der Waals surface area contributed by atoms with Crippen molar-refractivity contribution in [3.05, 3.63) is 0 Å². The fourth-order valence-corrected chi connectivity index (χ4v) is 1.63. The molecular weight excluding hydrogens is 166 g/mol. The Morgan fingerprint density at radius 3 is 2.85 bits per heavy atom. The molecule has 0 aliphatic heterocycles. The highest BCUT2D eigenvalue weighted by Gasteiger charge is 2.24. The molecule has 0 heterocycles. The first-order valence-electron chi connectivity index (χ1n) is 5.04. The predicted octanol–water partition coefficient (Wildman–Crippen LogP) is 0.575. The van der Waals surface area contributed by atoms with Gasteiger partial charge >= 0.3 is 6.03 Å². The Morgan fingerprint density at radius 1 is 1.54 bits per heavy atom. The van der Waals surface area contributed by atoms with Crippen LogP contribution < -0.4 is 16.4 Å². The molecule has 2 atom stereocenters. The average molecular weight is 185 g/mol. The maximum absolute atomic E-state index is 11.2. The quantitative estimate of drug-likeness (QED) is 0.602. The molecule has 0 spiro atoms. The van der Waals surface area contributed by atoms with Crippen LogP contribution in [0.5, 0.6) is 0 Å². The molecule has 0 bridgehead atoms. The fourth-order valence-electron chi connectivity index (χ4n) is 1.63. The standard InChI is InChI=1S/C9H19N3O/c1-2-6-11-9(13)12-8-5-3-4-7(8)10/h7-8H,2-6,10H2,1H3,(H2,11,12,13). The van der Waals surface area contributed by atoms with Crippen LogP contribution in [0.2, 0.25) is 0 Å². The van der Waals surface area contributed by atoms with Crippen molar-refractivity contribution in [2.24, 2.45) is 5.73 Å². The fraction of sp³-hybridized carbons (Fsp3) is 0.889. The maximum Gasteiger partial charge on any atom is 0.315 e. The third-order valence-corrected chi connectivity index (χ3v) is 2.42. The van der Waals surface area contributed by atoms with Crippen LogP contribution in [0.3, 0.4) is 0 Å². The van der Waals surface area contributed by atoms with Gasteiger partial charge in [-0.1, -0.05) is 6.92 Å². The third-order valence-electron chi connectivity index (χ3n) is 2.42. The molecule has 4 nitrogen and oxygen atoms in total. The second-order valence-corrected chi connectivity index (χ2v) is 3.60. The Labute approximate surface area is 79.3 Å². The SMILES string of the molecule is CCCNC(=O)NC1CCCC1N. The molecule has 0 aromatic heterocycles. The van der Waals surface area contributed by atoms with Crippen molar-refractivity contribution in [1.29, 1.82) is 0 Å². The Hall–Kier alpha value is -0.770. The monoisotopic (exact) mass is 185 g/mol. The molecule has 1 fully saturated rings. The van der Waals surface area contributed by atoms with Crippen LogP contribution in [0.4, 0.5) is 4.79 Å². The summed E-state index contributed by atoms with van der Waals surface area (Å²) in [4.78, 5) is 11.2. The van der Waals surface area contributed by atoms with Gasteiger partial charge < -0.3 is 16.4 Å². The number of carbonyl (C=O) groups excluding carboxylic acids is 1. The van der Waals surface area contributed by atoms with E-state index in [-0.39, 0.29) is 18.1 Å². The molecule has 4 N–H and O–H groups in total. The summed E-state index contributed by atoms with van der Waals surface area (Å²) >= 11 is 0. The van der Waals surface area contributed by atoms with Crippen LogP contribution in [0.15, 0.2) is 0 Å². The van der Waals surface area contributed by atoms with Crippen LogP contribution in [-0.2, 0) is 0 Å². The largest absolute Gasteiger partial charge is 0.338 e. The molecule has 0 saturated heterocycles. The van der Waals surface area contributed by atoms with E-state index in [1.165, 1.54) is 0 Å². The third kappa shape index (κ3) is 3.22. The minimum atomic E-state index is -0.0794. The van der Waals surface area contributed by atoms with Crippen LogP contribution in [0.25, 0.3) is 0 Å². The average Bonchev–Trinajstić information content (AvgIpc) is 2.48. The van der Waals surface area contributed by atoms with Crippen LogP contribution >= 0.6 is 0 Å². The van der Waals surface area contributed by atoms with Gasteiger partial charge in [0.25, 0.3) is 0 Å². The molecule has 4 heteroatoms. The maximum atomic E-state index is 11.2. The van der Waals surface area contributed by atoms with Crippen molar-refractivity contribution in [3.63, 3.8) is 0 Å². The predicted molar refractivity (Wildman–Crippen MR) is 52.4 cm³/mol. The van der Waals surface area contributed by atoms with Gasteiger partial charge in [-0.2, -0.15) is 0 Å². The number of amides is 2. The van der Waals surface area contributed by atoms with Crippen LogP contribution in [0.1, 0.15) is 32.6 Å². The Bertz CT molecular complexity index is 172. The van der Waals surface area contributed by atoms with Crippen molar-refractivity contribution in [2.75, 3.05) is 6.54 Å². The summed E-state index contributed by atoms with van der Waals surface area (Å²) in [6.45, 7) is 2.76. The second-order valence-electron chi connectivity index (χ2n) is 3.60. The van der Waals surface area contributed by atoms with E-state index in [2.05, 4.69) is 10.6 Å². The first-order valence-corrected chi connectivity index (χ1v) is 5.04. The molecule has 1 rings (SSSR count). The lowest BCUT2D eigenvalue weighted by atomic mass is 10.2. The van der Waals surface area contributed by atoms with E-state index in [0.29, 0.717) is 0 Å². The highest BCUT2D eigenvalue weighted by molar-refractivity contribution is 5.74. The Morgan fingerprint density at radius 2 is 2.31 bits per heavy atom. The lowest BCUT2D eigenvalue weighted by Crippen LogP contribution is -2.48. The Balaban J connectivity index is 2.19. The van der Waals surface area contributed by atoms with Gasteiger partial charge in [0.1, 0.15) is 0 Å².